The zero-order valence-electron chi connectivity index (χ0n) is 11.2. The van der Waals surface area contributed by atoms with Crippen molar-refractivity contribution in [3.05, 3.63) is 42.4 Å². The number of carbonyl (C=O) groups excluding carboxylic acids is 1. The Morgan fingerprint density at radius 3 is 2.76 bits per heavy atom. The first-order chi connectivity index (χ1) is 9.80. The molecule has 1 aromatic heterocycles. The number of aliphatic hydroxyl groups is 1. The lowest BCUT2D eigenvalue weighted by atomic mass is 10.0. The van der Waals surface area contributed by atoms with Gasteiger partial charge in [0, 0.05) is 12.4 Å². The van der Waals surface area contributed by atoms with Gasteiger partial charge < -0.3 is 15.2 Å². The van der Waals surface area contributed by atoms with Gasteiger partial charge in [0.1, 0.15) is 0 Å². The van der Waals surface area contributed by atoms with Crippen LogP contribution < -0.4 is 5.32 Å². The minimum Gasteiger partial charge on any atom is -0.502 e. The molecule has 8 heteroatoms. The van der Waals surface area contributed by atoms with Gasteiger partial charge in [-0.05, 0) is 25.1 Å². The third-order valence-electron chi connectivity index (χ3n) is 2.54. The first kappa shape index (κ1) is 17.0. The quantitative estimate of drug-likeness (QED) is 0.784. The Morgan fingerprint density at radius 2 is 2.24 bits per heavy atom. The molecule has 0 saturated carbocycles. The van der Waals surface area contributed by atoms with Crippen LogP contribution in [0.25, 0.3) is 0 Å². The lowest BCUT2D eigenvalue weighted by Gasteiger charge is -2.27. The van der Waals surface area contributed by atoms with E-state index in [9.17, 15) is 23.1 Å². The van der Waals surface area contributed by atoms with Gasteiger partial charge in [-0.3, -0.25) is 9.78 Å². The highest BCUT2D eigenvalue weighted by Crippen LogP contribution is 2.31. The maximum absolute atomic E-state index is 12.9. The fourth-order valence-corrected chi connectivity index (χ4v) is 1.32. The number of aromatic nitrogens is 1. The van der Waals surface area contributed by atoms with E-state index in [1.807, 2.05) is 5.32 Å². The summed E-state index contributed by atoms with van der Waals surface area (Å²) in [5, 5.41) is 11.7. The topological polar surface area (TPSA) is 71.5 Å². The Labute approximate surface area is 119 Å². The van der Waals surface area contributed by atoms with Gasteiger partial charge in [-0.15, -0.1) is 0 Å². The van der Waals surface area contributed by atoms with Crippen LogP contribution >= 0.6 is 0 Å². The Kier molecular flexibility index (Phi) is 5.71. The highest BCUT2D eigenvalue weighted by atomic mass is 19.4. The van der Waals surface area contributed by atoms with Crippen molar-refractivity contribution in [2.45, 2.75) is 18.7 Å². The number of carbonyl (C=O) groups is 1. The predicted molar refractivity (Wildman–Crippen MR) is 68.3 cm³/mol. The van der Waals surface area contributed by atoms with Crippen molar-refractivity contribution in [3.8, 4) is 0 Å². The van der Waals surface area contributed by atoms with E-state index in [1.165, 1.54) is 24.5 Å². The molecule has 0 spiro atoms. The molecule has 1 heterocycles. The molecule has 1 amide bonds. The summed E-state index contributed by atoms with van der Waals surface area (Å²) in [6, 6.07) is 2.87. The highest BCUT2D eigenvalue weighted by molar-refractivity contribution is 5.93. The van der Waals surface area contributed by atoms with Crippen LogP contribution in [-0.2, 0) is 4.74 Å². The van der Waals surface area contributed by atoms with E-state index in [-0.39, 0.29) is 12.2 Å². The Bertz CT molecular complexity index is 491. The summed E-state index contributed by atoms with van der Waals surface area (Å²) in [6.07, 6.45) is -1.11. The number of halogens is 3. The predicted octanol–water partition coefficient (Wildman–Crippen LogP) is 1.66. The van der Waals surface area contributed by atoms with Crippen molar-refractivity contribution < 1.29 is 27.8 Å². The molecule has 0 saturated heterocycles. The molecule has 21 heavy (non-hydrogen) atoms. The van der Waals surface area contributed by atoms with Crippen molar-refractivity contribution in [1.82, 2.24) is 10.3 Å². The maximum Gasteiger partial charge on any atom is 0.422 e. The molecule has 1 atom stereocenters. The number of nitrogens with zero attached hydrogens (tertiary/aromatic N) is 1. The molecule has 0 bridgehead atoms. The van der Waals surface area contributed by atoms with Crippen LogP contribution in [0.1, 0.15) is 17.3 Å². The van der Waals surface area contributed by atoms with Crippen molar-refractivity contribution in [2.75, 3.05) is 13.2 Å². The zero-order chi connectivity index (χ0) is 15.9. The molecule has 0 aliphatic rings. The summed E-state index contributed by atoms with van der Waals surface area (Å²) in [7, 11) is 0. The molecule has 0 aromatic carbocycles. The fourth-order valence-electron chi connectivity index (χ4n) is 1.32. The first-order valence-electron chi connectivity index (χ1n) is 6.07. The smallest absolute Gasteiger partial charge is 0.422 e. The third-order valence-corrected chi connectivity index (χ3v) is 2.54. The summed E-state index contributed by atoms with van der Waals surface area (Å²) < 4.78 is 43.2. The van der Waals surface area contributed by atoms with Crippen molar-refractivity contribution in [2.24, 2.45) is 0 Å². The molecule has 0 aliphatic carbocycles. The van der Waals surface area contributed by atoms with E-state index in [0.717, 1.165) is 6.26 Å². The molecular formula is C13H15F3N2O3. The van der Waals surface area contributed by atoms with Gasteiger partial charge in [0.05, 0.1) is 25.0 Å². The number of pyridine rings is 1. The lowest BCUT2D eigenvalue weighted by Crippen LogP contribution is -2.52. The average Bonchev–Trinajstić information content (AvgIpc) is 2.45. The van der Waals surface area contributed by atoms with Gasteiger partial charge in [0.25, 0.3) is 5.91 Å². The van der Waals surface area contributed by atoms with Crippen LogP contribution in [0, 0.1) is 0 Å². The van der Waals surface area contributed by atoms with E-state index in [4.69, 9.17) is 0 Å². The number of nitrogens with one attached hydrogen (secondary N) is 1. The standard InChI is InChI=1S/C13H15F3N2O3/c1-2-21-7-5-12(20,13(14,15)16)9-18-11(19)10-4-3-6-17-8-10/h3-8,20H,2,9H2,1H3,(H,18,19)/b7-5+. The van der Waals surface area contributed by atoms with Crippen LogP contribution in [-0.4, -0.2) is 40.9 Å². The largest absolute Gasteiger partial charge is 0.502 e. The molecule has 2 N–H and O–H groups in total. The summed E-state index contributed by atoms with van der Waals surface area (Å²) in [6.45, 7) is 0.710. The van der Waals surface area contributed by atoms with Gasteiger partial charge in [-0.25, -0.2) is 0 Å². The van der Waals surface area contributed by atoms with Crippen LogP contribution in [0.5, 0.6) is 0 Å². The van der Waals surface area contributed by atoms with Gasteiger partial charge in [0.15, 0.2) is 5.60 Å². The van der Waals surface area contributed by atoms with Crippen molar-refractivity contribution in [1.29, 1.82) is 0 Å². The fraction of sp³-hybridized carbons (Fsp3) is 0.385. The second-order valence-corrected chi connectivity index (χ2v) is 4.10. The number of amides is 1. The van der Waals surface area contributed by atoms with Gasteiger partial charge in [-0.1, -0.05) is 0 Å². The van der Waals surface area contributed by atoms with E-state index >= 15 is 0 Å². The average molecular weight is 304 g/mol. The van der Waals surface area contributed by atoms with Crippen LogP contribution in [0.3, 0.4) is 0 Å². The van der Waals surface area contributed by atoms with Gasteiger partial charge in [0.2, 0.25) is 0 Å². The molecular weight excluding hydrogens is 289 g/mol. The maximum atomic E-state index is 12.9. The molecule has 0 radical (unpaired) electrons. The number of hydrogen-bond acceptors (Lipinski definition) is 4. The zero-order valence-corrected chi connectivity index (χ0v) is 11.2. The van der Waals surface area contributed by atoms with Gasteiger partial charge in [-0.2, -0.15) is 13.2 Å². The first-order valence-corrected chi connectivity index (χ1v) is 6.07. The van der Waals surface area contributed by atoms with E-state index < -0.39 is 24.2 Å². The monoisotopic (exact) mass is 304 g/mol. The van der Waals surface area contributed by atoms with Crippen LogP contribution in [0.4, 0.5) is 13.2 Å². The normalized spacial score (nSPS) is 14.7. The second-order valence-electron chi connectivity index (χ2n) is 4.10. The Balaban J connectivity index is 2.77. The molecule has 1 rings (SSSR count). The van der Waals surface area contributed by atoms with Crippen molar-refractivity contribution >= 4 is 5.91 Å². The Hall–Kier alpha value is -2.09. The van der Waals surface area contributed by atoms with E-state index in [2.05, 4.69) is 9.72 Å². The summed E-state index contributed by atoms with van der Waals surface area (Å²) in [4.78, 5) is 15.3. The van der Waals surface area contributed by atoms with E-state index in [1.54, 1.807) is 6.92 Å². The van der Waals surface area contributed by atoms with Crippen LogP contribution in [0.15, 0.2) is 36.9 Å². The van der Waals surface area contributed by atoms with Crippen LogP contribution in [0.2, 0.25) is 0 Å². The van der Waals surface area contributed by atoms with E-state index in [0.29, 0.717) is 6.08 Å². The number of ether oxygens (including phenoxy) is 1. The minimum absolute atomic E-state index is 0.0933. The molecule has 116 valence electrons. The Morgan fingerprint density at radius 1 is 1.52 bits per heavy atom. The number of alkyl halides is 3. The summed E-state index contributed by atoms with van der Waals surface area (Å²) in [5.41, 5.74) is -3.11. The highest BCUT2D eigenvalue weighted by Gasteiger charge is 2.52. The molecule has 0 aliphatic heterocycles. The second kappa shape index (κ2) is 7.07. The lowest BCUT2D eigenvalue weighted by molar-refractivity contribution is -0.237. The number of hydrogen-bond donors (Lipinski definition) is 2. The summed E-state index contributed by atoms with van der Waals surface area (Å²) in [5.74, 6) is -0.768. The third kappa shape index (κ3) is 4.75. The molecule has 5 nitrogen and oxygen atoms in total. The van der Waals surface area contributed by atoms with Gasteiger partial charge >= 0.3 is 6.18 Å². The number of rotatable bonds is 6. The molecule has 1 unspecified atom stereocenters. The van der Waals surface area contributed by atoms with Crippen molar-refractivity contribution in [3.63, 3.8) is 0 Å². The molecule has 0 fully saturated rings. The summed E-state index contributed by atoms with van der Waals surface area (Å²) >= 11 is 0. The molecule has 1 aromatic rings. The minimum atomic E-state index is -4.96. The SMILES string of the molecule is CCO/C=C/C(O)(CNC(=O)c1cccnc1)C(F)(F)F.